The Hall–Kier alpha value is -3.63. The van der Waals surface area contributed by atoms with Crippen LogP contribution in [0, 0.1) is 11.3 Å². The maximum absolute atomic E-state index is 13.2. The van der Waals surface area contributed by atoms with Crippen molar-refractivity contribution in [2.45, 2.75) is 13.1 Å². The highest BCUT2D eigenvalue weighted by Gasteiger charge is 2.16. The number of ether oxygens (including phenoxy) is 1. The Balaban J connectivity index is 1.73. The Morgan fingerprint density at radius 1 is 1.17 bits per heavy atom. The SMILES string of the molecule is COc1ccc(NCc2nc3scc(-c4ccccc4)c3c(=O)n2CC#N)cc1. The molecule has 0 unspecified atom stereocenters. The second-order valence-corrected chi connectivity index (χ2v) is 7.21. The van der Waals surface area contributed by atoms with Gasteiger partial charge in [-0.05, 0) is 29.8 Å². The fraction of sp³-hybridized carbons (Fsp3) is 0.136. The number of benzene rings is 2. The summed E-state index contributed by atoms with van der Waals surface area (Å²) in [5, 5.41) is 15.0. The number of fused-ring (bicyclic) bond motifs is 1. The normalized spacial score (nSPS) is 10.6. The smallest absolute Gasteiger partial charge is 0.263 e. The predicted molar refractivity (Wildman–Crippen MR) is 115 cm³/mol. The van der Waals surface area contributed by atoms with E-state index < -0.39 is 0 Å². The Kier molecular flexibility index (Phi) is 5.27. The predicted octanol–water partition coefficient (Wildman–Crippen LogP) is 4.27. The van der Waals surface area contributed by atoms with Gasteiger partial charge in [0, 0.05) is 16.6 Å². The van der Waals surface area contributed by atoms with Crippen LogP contribution in [0.25, 0.3) is 21.3 Å². The Labute approximate surface area is 171 Å². The first-order chi connectivity index (χ1) is 14.2. The average molecular weight is 402 g/mol. The molecule has 0 saturated carbocycles. The summed E-state index contributed by atoms with van der Waals surface area (Å²) in [6.45, 7) is 0.281. The number of methoxy groups -OCH3 is 1. The van der Waals surface area contributed by atoms with E-state index >= 15 is 0 Å². The van der Waals surface area contributed by atoms with E-state index in [1.807, 2.05) is 60.0 Å². The quantitative estimate of drug-likeness (QED) is 0.521. The molecule has 29 heavy (non-hydrogen) atoms. The molecule has 0 saturated heterocycles. The van der Waals surface area contributed by atoms with Crippen molar-refractivity contribution in [1.82, 2.24) is 9.55 Å². The van der Waals surface area contributed by atoms with Crippen LogP contribution in [-0.4, -0.2) is 16.7 Å². The summed E-state index contributed by atoms with van der Waals surface area (Å²) in [5.74, 6) is 1.30. The molecule has 2 aromatic heterocycles. The minimum atomic E-state index is -0.191. The number of hydrogen-bond acceptors (Lipinski definition) is 6. The van der Waals surface area contributed by atoms with E-state index in [2.05, 4.69) is 11.4 Å². The van der Waals surface area contributed by atoms with Gasteiger partial charge in [-0.25, -0.2) is 4.98 Å². The number of rotatable bonds is 6. The standard InChI is InChI=1S/C22H18N4O2S/c1-28-17-9-7-16(8-10-17)24-13-19-25-21-20(22(27)26(19)12-11-23)18(14-29-21)15-5-3-2-4-6-15/h2-10,14,24H,12-13H2,1H3. The number of nitrogens with one attached hydrogen (secondary N) is 1. The molecule has 1 N–H and O–H groups in total. The third-order valence-electron chi connectivity index (χ3n) is 4.63. The van der Waals surface area contributed by atoms with Gasteiger partial charge in [0.05, 0.1) is 25.1 Å². The van der Waals surface area contributed by atoms with Crippen LogP contribution < -0.4 is 15.6 Å². The Morgan fingerprint density at radius 2 is 1.93 bits per heavy atom. The Bertz CT molecular complexity index is 1240. The van der Waals surface area contributed by atoms with Crippen LogP contribution in [0.15, 0.2) is 64.8 Å². The molecule has 0 spiro atoms. The lowest BCUT2D eigenvalue weighted by Crippen LogP contribution is -2.26. The largest absolute Gasteiger partial charge is 0.497 e. The van der Waals surface area contributed by atoms with E-state index in [4.69, 9.17) is 9.72 Å². The molecular weight excluding hydrogens is 384 g/mol. The van der Waals surface area contributed by atoms with Gasteiger partial charge in [-0.3, -0.25) is 9.36 Å². The first kappa shape index (κ1) is 18.7. The van der Waals surface area contributed by atoms with E-state index in [0.29, 0.717) is 22.6 Å². The Morgan fingerprint density at radius 3 is 2.62 bits per heavy atom. The molecule has 2 aromatic carbocycles. The van der Waals surface area contributed by atoms with Crippen LogP contribution in [0.1, 0.15) is 5.82 Å². The van der Waals surface area contributed by atoms with E-state index in [1.54, 1.807) is 7.11 Å². The van der Waals surface area contributed by atoms with Crippen molar-refractivity contribution in [3.05, 3.63) is 76.2 Å². The van der Waals surface area contributed by atoms with Crippen molar-refractivity contribution in [1.29, 1.82) is 5.26 Å². The molecule has 0 radical (unpaired) electrons. The fourth-order valence-corrected chi connectivity index (χ4v) is 4.11. The van der Waals surface area contributed by atoms with Gasteiger partial charge in [0.1, 0.15) is 22.9 Å². The van der Waals surface area contributed by atoms with Crippen molar-refractivity contribution >= 4 is 27.2 Å². The molecule has 0 aliphatic carbocycles. The lowest BCUT2D eigenvalue weighted by atomic mass is 10.1. The van der Waals surface area contributed by atoms with Crippen molar-refractivity contribution in [2.75, 3.05) is 12.4 Å². The highest BCUT2D eigenvalue weighted by Crippen LogP contribution is 2.31. The third-order valence-corrected chi connectivity index (χ3v) is 5.50. The second kappa shape index (κ2) is 8.17. The third kappa shape index (κ3) is 3.71. The summed E-state index contributed by atoms with van der Waals surface area (Å²) in [7, 11) is 1.62. The van der Waals surface area contributed by atoms with E-state index in [-0.39, 0.29) is 12.1 Å². The van der Waals surface area contributed by atoms with E-state index in [0.717, 1.165) is 22.6 Å². The van der Waals surface area contributed by atoms with Crippen molar-refractivity contribution in [2.24, 2.45) is 0 Å². The van der Waals surface area contributed by atoms with Crippen LogP contribution in [-0.2, 0) is 13.1 Å². The maximum Gasteiger partial charge on any atom is 0.263 e. The summed E-state index contributed by atoms with van der Waals surface area (Å²) < 4.78 is 6.61. The fourth-order valence-electron chi connectivity index (χ4n) is 3.16. The number of nitriles is 1. The minimum absolute atomic E-state index is 0.0501. The van der Waals surface area contributed by atoms with Gasteiger partial charge in [-0.15, -0.1) is 11.3 Å². The molecule has 144 valence electrons. The zero-order valence-corrected chi connectivity index (χ0v) is 16.6. The topological polar surface area (TPSA) is 79.9 Å². The van der Waals surface area contributed by atoms with E-state index in [9.17, 15) is 10.1 Å². The van der Waals surface area contributed by atoms with Gasteiger partial charge in [0.2, 0.25) is 0 Å². The molecule has 0 amide bonds. The molecule has 0 fully saturated rings. The van der Waals surface area contributed by atoms with Crippen LogP contribution in [0.3, 0.4) is 0 Å². The van der Waals surface area contributed by atoms with Gasteiger partial charge in [-0.2, -0.15) is 5.26 Å². The van der Waals surface area contributed by atoms with E-state index in [1.165, 1.54) is 15.9 Å². The zero-order chi connectivity index (χ0) is 20.2. The lowest BCUT2D eigenvalue weighted by molar-refractivity contribution is 0.415. The molecule has 6 nitrogen and oxygen atoms in total. The van der Waals surface area contributed by atoms with Crippen molar-refractivity contribution in [3.63, 3.8) is 0 Å². The van der Waals surface area contributed by atoms with Gasteiger partial charge in [0.25, 0.3) is 5.56 Å². The average Bonchev–Trinajstić information content (AvgIpc) is 3.20. The minimum Gasteiger partial charge on any atom is -0.497 e. The second-order valence-electron chi connectivity index (χ2n) is 6.36. The first-order valence-corrected chi connectivity index (χ1v) is 9.90. The number of anilines is 1. The molecular formula is C22H18N4O2S. The number of hydrogen-bond donors (Lipinski definition) is 1. The summed E-state index contributed by atoms with van der Waals surface area (Å²) in [6, 6.07) is 19.3. The molecule has 4 rings (SSSR count). The van der Waals surface area contributed by atoms with Crippen molar-refractivity contribution < 1.29 is 4.74 Å². The molecule has 0 atom stereocenters. The van der Waals surface area contributed by atoms with Crippen molar-refractivity contribution in [3.8, 4) is 22.9 Å². The highest BCUT2D eigenvalue weighted by atomic mass is 32.1. The molecule has 2 heterocycles. The molecule has 0 aliphatic rings. The van der Waals surface area contributed by atoms with Gasteiger partial charge in [0.15, 0.2) is 0 Å². The number of aromatic nitrogens is 2. The van der Waals surface area contributed by atoms with Crippen LogP contribution >= 0.6 is 11.3 Å². The molecule has 7 heteroatoms. The summed E-state index contributed by atoms with van der Waals surface area (Å²) in [4.78, 5) is 18.6. The lowest BCUT2D eigenvalue weighted by Gasteiger charge is -2.12. The summed E-state index contributed by atoms with van der Waals surface area (Å²) >= 11 is 1.44. The van der Waals surface area contributed by atoms with Crippen LogP contribution in [0.2, 0.25) is 0 Å². The summed E-state index contributed by atoms with van der Waals surface area (Å²) in [5.41, 5.74) is 2.50. The number of thiophene rings is 1. The van der Waals surface area contributed by atoms with Gasteiger partial charge in [-0.1, -0.05) is 30.3 Å². The van der Waals surface area contributed by atoms with Crippen LogP contribution in [0.5, 0.6) is 5.75 Å². The summed E-state index contributed by atoms with van der Waals surface area (Å²) in [6.07, 6.45) is 0. The van der Waals surface area contributed by atoms with Crippen LogP contribution in [0.4, 0.5) is 5.69 Å². The molecule has 4 aromatic rings. The molecule has 0 aliphatic heterocycles. The highest BCUT2D eigenvalue weighted by molar-refractivity contribution is 7.17. The first-order valence-electron chi connectivity index (χ1n) is 9.02. The zero-order valence-electron chi connectivity index (χ0n) is 15.8. The monoisotopic (exact) mass is 402 g/mol. The molecule has 0 bridgehead atoms. The van der Waals surface area contributed by atoms with Gasteiger partial charge >= 0.3 is 0 Å². The number of nitrogens with zero attached hydrogens (tertiary/aromatic N) is 3. The maximum atomic E-state index is 13.2. The van der Waals surface area contributed by atoms with Gasteiger partial charge < -0.3 is 10.1 Å².